The van der Waals surface area contributed by atoms with Gasteiger partial charge in [0.1, 0.15) is 6.10 Å². The second-order valence-corrected chi connectivity index (χ2v) is 17.6. The molecular formula is C53H100O5. The third-order valence-corrected chi connectivity index (χ3v) is 11.8. The van der Waals surface area contributed by atoms with Crippen LogP contribution in [0.25, 0.3) is 0 Å². The number of hydrogen-bond acceptors (Lipinski definition) is 5. The van der Waals surface area contributed by atoms with Crippen LogP contribution in [0.4, 0.5) is 0 Å². The van der Waals surface area contributed by atoms with Crippen LogP contribution in [0, 0.1) is 0 Å². The van der Waals surface area contributed by atoms with Crippen LogP contribution in [-0.2, 0) is 19.1 Å². The van der Waals surface area contributed by atoms with Gasteiger partial charge in [0.05, 0.1) is 6.61 Å². The third-order valence-electron chi connectivity index (χ3n) is 11.8. The first-order valence-electron chi connectivity index (χ1n) is 25.9. The van der Waals surface area contributed by atoms with Crippen LogP contribution in [-0.4, -0.2) is 35.9 Å². The second-order valence-electron chi connectivity index (χ2n) is 17.6. The van der Waals surface area contributed by atoms with Gasteiger partial charge >= 0.3 is 11.9 Å². The van der Waals surface area contributed by atoms with Crippen molar-refractivity contribution in [3.63, 3.8) is 0 Å². The van der Waals surface area contributed by atoms with E-state index < -0.39 is 12.2 Å². The summed E-state index contributed by atoms with van der Waals surface area (Å²) in [5.41, 5.74) is 0. The maximum absolute atomic E-state index is 13.0. The standard InChI is InChI=1S/C53H100O5/c1-4-7-10-13-16-19-22-25-26-27-30-31-34-37-40-43-46-50(57-52(55)47-44-41-38-35-32-28-23-20-17-14-11-8-5-2)51(49-54)58-53(56)48-45-42-39-36-33-29-24-21-18-15-12-9-6-3/h16,19,25-26,50-51,54H,4-15,17-18,20-24,27-49H2,1-3H3/b19-16-,26-25-. The van der Waals surface area contributed by atoms with Gasteiger partial charge in [0.25, 0.3) is 0 Å². The number of carbonyl (C=O) groups excluding carboxylic acids is 2. The number of aliphatic hydroxyl groups is 1. The largest absolute Gasteiger partial charge is 0.458 e. The van der Waals surface area contributed by atoms with E-state index in [2.05, 4.69) is 45.1 Å². The molecule has 0 radical (unpaired) electrons. The molecule has 0 amide bonds. The summed E-state index contributed by atoms with van der Waals surface area (Å²) < 4.78 is 11.8. The van der Waals surface area contributed by atoms with Crippen LogP contribution in [0.5, 0.6) is 0 Å². The molecule has 2 unspecified atom stereocenters. The van der Waals surface area contributed by atoms with Gasteiger partial charge in [-0.3, -0.25) is 9.59 Å². The van der Waals surface area contributed by atoms with E-state index in [-0.39, 0.29) is 18.5 Å². The monoisotopic (exact) mass is 817 g/mol. The topological polar surface area (TPSA) is 72.8 Å². The lowest BCUT2D eigenvalue weighted by molar-refractivity contribution is -0.172. The van der Waals surface area contributed by atoms with Crippen LogP contribution in [0.15, 0.2) is 24.3 Å². The zero-order valence-electron chi connectivity index (χ0n) is 39.2. The van der Waals surface area contributed by atoms with Gasteiger partial charge in [-0.2, -0.15) is 0 Å². The van der Waals surface area contributed by atoms with Crippen molar-refractivity contribution < 1.29 is 24.2 Å². The zero-order valence-corrected chi connectivity index (χ0v) is 39.2. The number of esters is 2. The number of unbranched alkanes of at least 4 members (excludes halogenated alkanes) is 33. The predicted molar refractivity (Wildman–Crippen MR) is 251 cm³/mol. The van der Waals surface area contributed by atoms with Crippen LogP contribution < -0.4 is 0 Å². The Morgan fingerprint density at radius 1 is 0.379 bits per heavy atom. The highest BCUT2D eigenvalue weighted by atomic mass is 16.6. The van der Waals surface area contributed by atoms with Crippen LogP contribution >= 0.6 is 0 Å². The second kappa shape index (κ2) is 48.1. The number of ether oxygens (including phenoxy) is 2. The Kier molecular flexibility index (Phi) is 46.7. The maximum Gasteiger partial charge on any atom is 0.306 e. The molecule has 0 spiro atoms. The molecule has 5 nitrogen and oxygen atoms in total. The van der Waals surface area contributed by atoms with Gasteiger partial charge in [0.2, 0.25) is 0 Å². The van der Waals surface area contributed by atoms with Gasteiger partial charge in [-0.05, 0) is 57.8 Å². The average molecular weight is 817 g/mol. The van der Waals surface area contributed by atoms with E-state index >= 15 is 0 Å². The summed E-state index contributed by atoms with van der Waals surface area (Å²) in [6.07, 6.45) is 56.1. The molecule has 0 rings (SSSR count). The Hall–Kier alpha value is -1.62. The van der Waals surface area contributed by atoms with Gasteiger partial charge in [-0.15, -0.1) is 0 Å². The molecule has 5 heteroatoms. The van der Waals surface area contributed by atoms with Crippen molar-refractivity contribution in [2.75, 3.05) is 6.61 Å². The molecule has 0 aliphatic carbocycles. The highest BCUT2D eigenvalue weighted by Gasteiger charge is 2.28. The van der Waals surface area contributed by atoms with Crippen molar-refractivity contribution in [1.29, 1.82) is 0 Å². The van der Waals surface area contributed by atoms with Crippen LogP contribution in [0.3, 0.4) is 0 Å². The van der Waals surface area contributed by atoms with E-state index in [0.29, 0.717) is 19.3 Å². The van der Waals surface area contributed by atoms with Crippen LogP contribution in [0.1, 0.15) is 284 Å². The Labute approximate surface area is 362 Å². The first-order chi connectivity index (χ1) is 28.6. The Morgan fingerprint density at radius 2 is 0.672 bits per heavy atom. The van der Waals surface area contributed by atoms with Crippen molar-refractivity contribution in [3.05, 3.63) is 24.3 Å². The molecule has 0 aromatic carbocycles. The summed E-state index contributed by atoms with van der Waals surface area (Å²) >= 11 is 0. The van der Waals surface area contributed by atoms with E-state index in [1.54, 1.807) is 0 Å². The molecule has 0 aliphatic rings. The number of rotatable bonds is 47. The van der Waals surface area contributed by atoms with Crippen molar-refractivity contribution in [2.24, 2.45) is 0 Å². The molecule has 0 bridgehead atoms. The predicted octanol–water partition coefficient (Wildman–Crippen LogP) is 17.0. The summed E-state index contributed by atoms with van der Waals surface area (Å²) in [6, 6.07) is 0. The normalized spacial score (nSPS) is 12.8. The Morgan fingerprint density at radius 3 is 1.05 bits per heavy atom. The Balaban J connectivity index is 4.51. The summed E-state index contributed by atoms with van der Waals surface area (Å²) in [5, 5.41) is 10.3. The average Bonchev–Trinajstić information content (AvgIpc) is 3.22. The molecule has 342 valence electrons. The SMILES string of the molecule is CCCCC/C=C\C/C=C\CCCCCCCCC(OC(=O)CCCCCCCCCCCCCCC)C(CO)OC(=O)CCCCCCCCCCCCCCC. The smallest absolute Gasteiger partial charge is 0.306 e. The van der Waals surface area contributed by atoms with E-state index in [1.165, 1.54) is 173 Å². The van der Waals surface area contributed by atoms with Crippen molar-refractivity contribution in [3.8, 4) is 0 Å². The number of hydrogen-bond donors (Lipinski definition) is 1. The lowest BCUT2D eigenvalue weighted by atomic mass is 10.0. The van der Waals surface area contributed by atoms with Crippen molar-refractivity contribution in [2.45, 2.75) is 296 Å². The lowest BCUT2D eigenvalue weighted by Crippen LogP contribution is -2.38. The van der Waals surface area contributed by atoms with Gasteiger partial charge < -0.3 is 14.6 Å². The minimum atomic E-state index is -0.789. The quantitative estimate of drug-likeness (QED) is 0.0376. The minimum Gasteiger partial charge on any atom is -0.458 e. The molecule has 0 aromatic heterocycles. The highest BCUT2D eigenvalue weighted by Crippen LogP contribution is 2.20. The van der Waals surface area contributed by atoms with E-state index in [4.69, 9.17) is 9.47 Å². The van der Waals surface area contributed by atoms with Gasteiger partial charge in [-0.1, -0.05) is 238 Å². The molecule has 0 aliphatic heterocycles. The highest BCUT2D eigenvalue weighted by molar-refractivity contribution is 5.70. The zero-order chi connectivity index (χ0) is 42.3. The van der Waals surface area contributed by atoms with E-state index in [1.807, 2.05) is 0 Å². The van der Waals surface area contributed by atoms with E-state index in [0.717, 1.165) is 70.6 Å². The van der Waals surface area contributed by atoms with Gasteiger partial charge in [0.15, 0.2) is 6.10 Å². The van der Waals surface area contributed by atoms with Crippen molar-refractivity contribution >= 4 is 11.9 Å². The molecule has 0 saturated carbocycles. The molecule has 0 saturated heterocycles. The summed E-state index contributed by atoms with van der Waals surface area (Å²) in [5.74, 6) is -0.504. The van der Waals surface area contributed by atoms with E-state index in [9.17, 15) is 14.7 Å². The fourth-order valence-corrected chi connectivity index (χ4v) is 7.91. The Bertz CT molecular complexity index is 897. The number of carbonyl (C=O) groups is 2. The fourth-order valence-electron chi connectivity index (χ4n) is 7.91. The summed E-state index contributed by atoms with van der Waals surface area (Å²) in [4.78, 5) is 25.8. The molecule has 58 heavy (non-hydrogen) atoms. The van der Waals surface area contributed by atoms with Gasteiger partial charge in [0, 0.05) is 12.8 Å². The maximum atomic E-state index is 13.0. The molecule has 1 N–H and O–H groups in total. The number of allylic oxidation sites excluding steroid dienone is 4. The molecule has 0 aromatic rings. The molecule has 0 heterocycles. The minimum absolute atomic E-state index is 0.223. The van der Waals surface area contributed by atoms with Crippen LogP contribution in [0.2, 0.25) is 0 Å². The summed E-state index contributed by atoms with van der Waals surface area (Å²) in [7, 11) is 0. The molecule has 0 fully saturated rings. The van der Waals surface area contributed by atoms with Crippen molar-refractivity contribution in [1.82, 2.24) is 0 Å². The first kappa shape index (κ1) is 56.4. The van der Waals surface area contributed by atoms with Gasteiger partial charge in [-0.25, -0.2) is 0 Å². The molecule has 2 atom stereocenters. The first-order valence-corrected chi connectivity index (χ1v) is 25.9. The molecular weight excluding hydrogens is 717 g/mol. The fraction of sp³-hybridized carbons (Fsp3) is 0.887. The lowest BCUT2D eigenvalue weighted by Gasteiger charge is -2.26. The number of aliphatic hydroxyl groups excluding tert-OH is 1. The third kappa shape index (κ3) is 42.5. The summed E-state index contributed by atoms with van der Waals surface area (Å²) in [6.45, 7) is 6.47.